The van der Waals surface area contributed by atoms with Crippen molar-refractivity contribution in [3.05, 3.63) is 0 Å². The molecule has 2 amide bonds. The van der Waals surface area contributed by atoms with Crippen LogP contribution in [0.3, 0.4) is 0 Å². The Balaban J connectivity index is 1.96. The molecule has 0 saturated carbocycles. The first kappa shape index (κ1) is 9.77. The van der Waals surface area contributed by atoms with E-state index in [1.54, 1.807) is 0 Å². The van der Waals surface area contributed by atoms with Gasteiger partial charge in [0.05, 0.1) is 0 Å². The molecule has 2 saturated heterocycles. The third kappa shape index (κ3) is 1.85. The van der Waals surface area contributed by atoms with E-state index in [1.165, 1.54) is 12.8 Å². The first-order chi connectivity index (χ1) is 6.71. The van der Waals surface area contributed by atoms with Gasteiger partial charge in [-0.2, -0.15) is 0 Å². The summed E-state index contributed by atoms with van der Waals surface area (Å²) < 4.78 is 0. The van der Waals surface area contributed by atoms with Crippen molar-refractivity contribution in [2.75, 3.05) is 26.2 Å². The monoisotopic (exact) mass is 197 g/mol. The van der Waals surface area contributed by atoms with Crippen LogP contribution in [0.25, 0.3) is 0 Å². The van der Waals surface area contributed by atoms with Gasteiger partial charge in [-0.3, -0.25) is 0 Å². The highest BCUT2D eigenvalue weighted by Gasteiger charge is 2.37. The van der Waals surface area contributed by atoms with Crippen LogP contribution in [-0.4, -0.2) is 32.2 Å². The summed E-state index contributed by atoms with van der Waals surface area (Å²) in [5, 5.41) is 9.17. The maximum absolute atomic E-state index is 11.0. The Kier molecular flexibility index (Phi) is 2.63. The highest BCUT2D eigenvalue weighted by Crippen LogP contribution is 2.33. The Bertz CT molecular complexity index is 213. The molecule has 2 rings (SSSR count). The Morgan fingerprint density at radius 2 is 1.79 bits per heavy atom. The number of nitrogens with one attached hydrogen (secondary N) is 3. The number of hydrogen-bond donors (Lipinski definition) is 3. The van der Waals surface area contributed by atoms with Crippen LogP contribution in [0.4, 0.5) is 4.79 Å². The van der Waals surface area contributed by atoms with Crippen LogP contribution in [0.2, 0.25) is 0 Å². The average molecular weight is 197 g/mol. The van der Waals surface area contributed by atoms with Gasteiger partial charge in [0.25, 0.3) is 0 Å². The maximum atomic E-state index is 11.0. The lowest BCUT2D eigenvalue weighted by Crippen LogP contribution is -2.57. The lowest BCUT2D eigenvalue weighted by atomic mass is 9.71. The third-order valence-corrected chi connectivity index (χ3v) is 3.63. The van der Waals surface area contributed by atoms with Gasteiger partial charge in [0, 0.05) is 18.5 Å². The molecule has 0 aliphatic carbocycles. The average Bonchev–Trinajstić information content (AvgIpc) is 2.24. The summed E-state index contributed by atoms with van der Waals surface area (Å²) in [5.74, 6) is 0.733. The number of rotatable bonds is 1. The Morgan fingerprint density at radius 1 is 1.21 bits per heavy atom. The molecule has 2 aliphatic heterocycles. The summed E-state index contributed by atoms with van der Waals surface area (Å²) in [5.41, 5.74) is 0.246. The molecule has 0 radical (unpaired) electrons. The zero-order valence-corrected chi connectivity index (χ0v) is 8.73. The van der Waals surface area contributed by atoms with Gasteiger partial charge in [-0.1, -0.05) is 6.92 Å². The highest BCUT2D eigenvalue weighted by atomic mass is 16.2. The summed E-state index contributed by atoms with van der Waals surface area (Å²) in [6, 6.07) is -0.0172. The molecular weight excluding hydrogens is 178 g/mol. The van der Waals surface area contributed by atoms with E-state index in [2.05, 4.69) is 22.9 Å². The van der Waals surface area contributed by atoms with E-state index in [0.717, 1.165) is 32.1 Å². The normalized spacial score (nSPS) is 27.9. The van der Waals surface area contributed by atoms with Gasteiger partial charge in [-0.25, -0.2) is 4.79 Å². The molecule has 2 aliphatic rings. The molecule has 0 aromatic carbocycles. The fourth-order valence-electron chi connectivity index (χ4n) is 2.50. The number of piperidine rings is 1. The van der Waals surface area contributed by atoms with Gasteiger partial charge in [0.1, 0.15) is 0 Å². The van der Waals surface area contributed by atoms with Crippen LogP contribution in [0, 0.1) is 11.3 Å². The molecule has 0 atom stereocenters. The summed E-state index contributed by atoms with van der Waals surface area (Å²) in [4.78, 5) is 11.0. The zero-order chi connectivity index (χ0) is 10.0. The fraction of sp³-hybridized carbons (Fsp3) is 0.900. The lowest BCUT2D eigenvalue weighted by molar-refractivity contribution is 0.123. The largest absolute Gasteiger partial charge is 0.338 e. The van der Waals surface area contributed by atoms with Crippen LogP contribution in [0.15, 0.2) is 0 Å². The van der Waals surface area contributed by atoms with Crippen LogP contribution in [-0.2, 0) is 0 Å². The molecule has 80 valence electrons. The minimum absolute atomic E-state index is 0.0172. The smallest absolute Gasteiger partial charge is 0.314 e. The van der Waals surface area contributed by atoms with Crippen molar-refractivity contribution in [1.82, 2.24) is 16.0 Å². The quantitative estimate of drug-likeness (QED) is 0.566. The Morgan fingerprint density at radius 3 is 2.36 bits per heavy atom. The van der Waals surface area contributed by atoms with Crippen molar-refractivity contribution in [3.8, 4) is 0 Å². The van der Waals surface area contributed by atoms with Crippen molar-refractivity contribution in [3.63, 3.8) is 0 Å². The summed E-state index contributed by atoms with van der Waals surface area (Å²) in [7, 11) is 0. The molecule has 2 heterocycles. The van der Waals surface area contributed by atoms with Gasteiger partial charge in [-0.05, 0) is 31.8 Å². The van der Waals surface area contributed by atoms with E-state index in [-0.39, 0.29) is 11.4 Å². The first-order valence-corrected chi connectivity index (χ1v) is 5.43. The second-order valence-electron chi connectivity index (χ2n) is 4.71. The van der Waals surface area contributed by atoms with Gasteiger partial charge in [0.2, 0.25) is 0 Å². The first-order valence-electron chi connectivity index (χ1n) is 5.43. The van der Waals surface area contributed by atoms with Crippen molar-refractivity contribution in [2.24, 2.45) is 11.3 Å². The Hall–Kier alpha value is -0.770. The van der Waals surface area contributed by atoms with Crippen molar-refractivity contribution in [2.45, 2.75) is 19.8 Å². The molecule has 14 heavy (non-hydrogen) atoms. The van der Waals surface area contributed by atoms with E-state index >= 15 is 0 Å². The van der Waals surface area contributed by atoms with E-state index < -0.39 is 0 Å². The van der Waals surface area contributed by atoms with E-state index in [9.17, 15) is 4.79 Å². The summed E-state index contributed by atoms with van der Waals surface area (Å²) >= 11 is 0. The van der Waals surface area contributed by atoms with Crippen molar-refractivity contribution in [1.29, 1.82) is 0 Å². The van der Waals surface area contributed by atoms with E-state index in [4.69, 9.17) is 0 Å². The minimum Gasteiger partial charge on any atom is -0.338 e. The van der Waals surface area contributed by atoms with Crippen LogP contribution < -0.4 is 16.0 Å². The molecule has 0 unspecified atom stereocenters. The highest BCUT2D eigenvalue weighted by molar-refractivity contribution is 5.74. The van der Waals surface area contributed by atoms with Crippen molar-refractivity contribution < 1.29 is 4.79 Å². The number of amides is 2. The molecule has 0 spiro atoms. The van der Waals surface area contributed by atoms with Crippen LogP contribution in [0.1, 0.15) is 19.8 Å². The standard InChI is InChI=1S/C10H19N3O/c1-10(6-12-9(14)13-7-10)8-2-4-11-5-3-8/h8,11H,2-7H2,1H3,(H2,12,13,14). The van der Waals surface area contributed by atoms with E-state index in [0.29, 0.717) is 0 Å². The molecule has 0 aromatic heterocycles. The topological polar surface area (TPSA) is 53.2 Å². The molecular formula is C10H19N3O. The number of carbonyl (C=O) groups is 1. The van der Waals surface area contributed by atoms with Crippen LogP contribution in [0.5, 0.6) is 0 Å². The zero-order valence-electron chi connectivity index (χ0n) is 8.73. The lowest BCUT2D eigenvalue weighted by Gasteiger charge is -2.42. The van der Waals surface area contributed by atoms with Crippen molar-refractivity contribution >= 4 is 6.03 Å². The van der Waals surface area contributed by atoms with Gasteiger partial charge in [0.15, 0.2) is 0 Å². The second kappa shape index (κ2) is 3.77. The molecule has 0 aromatic rings. The van der Waals surface area contributed by atoms with Crippen LogP contribution >= 0.6 is 0 Å². The summed E-state index contributed by atoms with van der Waals surface area (Å²) in [6.07, 6.45) is 2.46. The SMILES string of the molecule is CC1(C2CCNCC2)CNC(=O)NC1. The molecule has 4 nitrogen and oxygen atoms in total. The third-order valence-electron chi connectivity index (χ3n) is 3.63. The van der Waals surface area contributed by atoms with Gasteiger partial charge >= 0.3 is 6.03 Å². The second-order valence-corrected chi connectivity index (χ2v) is 4.71. The predicted molar refractivity (Wildman–Crippen MR) is 55.1 cm³/mol. The number of hydrogen-bond acceptors (Lipinski definition) is 2. The minimum atomic E-state index is -0.0172. The number of urea groups is 1. The molecule has 0 bridgehead atoms. The fourth-order valence-corrected chi connectivity index (χ4v) is 2.50. The maximum Gasteiger partial charge on any atom is 0.314 e. The Labute approximate surface area is 84.8 Å². The molecule has 4 heteroatoms. The molecule has 3 N–H and O–H groups in total. The number of carbonyl (C=O) groups excluding carboxylic acids is 1. The summed E-state index contributed by atoms with van der Waals surface area (Å²) in [6.45, 7) is 6.16. The van der Waals surface area contributed by atoms with Gasteiger partial charge < -0.3 is 16.0 Å². The van der Waals surface area contributed by atoms with Gasteiger partial charge in [-0.15, -0.1) is 0 Å². The molecule has 2 fully saturated rings. The van der Waals surface area contributed by atoms with E-state index in [1.807, 2.05) is 0 Å². The predicted octanol–water partition coefficient (Wildman–Crippen LogP) is 0.305.